The number of ether oxygens (including phenoxy) is 4. The lowest BCUT2D eigenvalue weighted by Crippen LogP contribution is -2.72. The number of cyclic esters (lactones) is 1. The summed E-state index contributed by atoms with van der Waals surface area (Å²) in [6.45, 7) is 10.2. The minimum Gasteiger partial charge on any atom is -0.458 e. The second kappa shape index (κ2) is 6.22. The van der Waals surface area contributed by atoms with Gasteiger partial charge >= 0.3 is 5.97 Å². The standard InChI is InChI=1S/C22H32O5S/c1-12(2)14-8-17-22(27-17)20(3)7-6-13-15(9-24-19(13)23)16(20)10-26-21(22,4)18(14)25-11-28-5/h12,14,16-18H,6-11H2,1-5H3. The first-order chi connectivity index (χ1) is 13.3. The molecule has 3 heterocycles. The highest BCUT2D eigenvalue weighted by molar-refractivity contribution is 7.98. The molecular formula is C22H32O5S. The quantitative estimate of drug-likeness (QED) is 0.403. The zero-order valence-electron chi connectivity index (χ0n) is 17.6. The van der Waals surface area contributed by atoms with Crippen molar-refractivity contribution in [3.05, 3.63) is 11.1 Å². The largest absolute Gasteiger partial charge is 0.458 e. The van der Waals surface area contributed by atoms with Crippen LogP contribution in [0.1, 0.15) is 47.0 Å². The van der Waals surface area contributed by atoms with Crippen LogP contribution in [-0.2, 0) is 23.7 Å². The van der Waals surface area contributed by atoms with Crippen LogP contribution in [-0.4, -0.2) is 54.8 Å². The van der Waals surface area contributed by atoms with E-state index in [4.69, 9.17) is 18.9 Å². The molecule has 6 heteroatoms. The van der Waals surface area contributed by atoms with E-state index in [1.807, 2.05) is 0 Å². The molecule has 0 bridgehead atoms. The normalized spacial score (nSPS) is 49.3. The molecule has 0 radical (unpaired) electrons. The molecule has 1 spiro atoms. The molecule has 3 aliphatic heterocycles. The average Bonchev–Trinajstić information content (AvgIpc) is 3.30. The first-order valence-corrected chi connectivity index (χ1v) is 12.0. The Labute approximate surface area is 171 Å². The Morgan fingerprint density at radius 3 is 2.82 bits per heavy atom. The van der Waals surface area contributed by atoms with Gasteiger partial charge in [-0.3, -0.25) is 0 Å². The third-order valence-corrected chi connectivity index (χ3v) is 8.95. The maximum Gasteiger partial charge on any atom is 0.334 e. The van der Waals surface area contributed by atoms with Gasteiger partial charge < -0.3 is 18.9 Å². The van der Waals surface area contributed by atoms with Crippen molar-refractivity contribution in [1.82, 2.24) is 0 Å². The summed E-state index contributed by atoms with van der Waals surface area (Å²) in [6.07, 6.45) is 5.08. The fourth-order valence-electron chi connectivity index (χ4n) is 7.09. The Morgan fingerprint density at radius 1 is 1.32 bits per heavy atom. The Kier molecular flexibility index (Phi) is 4.31. The number of thioether (sulfide) groups is 1. The van der Waals surface area contributed by atoms with Gasteiger partial charge in [-0.05, 0) is 49.9 Å². The summed E-state index contributed by atoms with van der Waals surface area (Å²) in [5.41, 5.74) is 1.21. The van der Waals surface area contributed by atoms with E-state index in [0.717, 1.165) is 30.4 Å². The van der Waals surface area contributed by atoms with Gasteiger partial charge in [-0.2, -0.15) is 0 Å². The number of esters is 1. The van der Waals surface area contributed by atoms with Crippen molar-refractivity contribution >= 4 is 17.7 Å². The molecule has 5 aliphatic rings. The summed E-state index contributed by atoms with van der Waals surface area (Å²) >= 11 is 1.71. The molecule has 0 amide bonds. The van der Waals surface area contributed by atoms with E-state index in [1.165, 1.54) is 0 Å². The van der Waals surface area contributed by atoms with Crippen LogP contribution >= 0.6 is 11.8 Å². The number of carbonyl (C=O) groups excluding carboxylic acids is 1. The van der Waals surface area contributed by atoms with Crippen LogP contribution in [0.2, 0.25) is 0 Å². The van der Waals surface area contributed by atoms with Gasteiger partial charge in [-0.25, -0.2) is 4.79 Å². The zero-order chi connectivity index (χ0) is 19.9. The van der Waals surface area contributed by atoms with E-state index < -0.39 is 5.60 Å². The van der Waals surface area contributed by atoms with Crippen molar-refractivity contribution in [2.75, 3.05) is 25.4 Å². The monoisotopic (exact) mass is 408 g/mol. The van der Waals surface area contributed by atoms with Crippen molar-refractivity contribution in [1.29, 1.82) is 0 Å². The number of hydrogen-bond acceptors (Lipinski definition) is 6. The van der Waals surface area contributed by atoms with Gasteiger partial charge in [-0.1, -0.05) is 20.8 Å². The predicted molar refractivity (Wildman–Crippen MR) is 107 cm³/mol. The van der Waals surface area contributed by atoms with Crippen LogP contribution in [0, 0.1) is 23.2 Å². The molecule has 7 unspecified atom stereocenters. The highest BCUT2D eigenvalue weighted by atomic mass is 32.2. The van der Waals surface area contributed by atoms with Crippen LogP contribution in [0.15, 0.2) is 11.1 Å². The molecule has 156 valence electrons. The molecule has 5 nitrogen and oxygen atoms in total. The van der Waals surface area contributed by atoms with Crippen molar-refractivity contribution < 1.29 is 23.7 Å². The number of rotatable bonds is 4. The maximum atomic E-state index is 12.1. The molecule has 7 atom stereocenters. The Morgan fingerprint density at radius 2 is 2.11 bits per heavy atom. The van der Waals surface area contributed by atoms with Gasteiger partial charge in [0.2, 0.25) is 0 Å². The third kappa shape index (κ3) is 2.18. The highest BCUT2D eigenvalue weighted by Crippen LogP contribution is 2.72. The van der Waals surface area contributed by atoms with Crippen LogP contribution in [0.4, 0.5) is 0 Å². The van der Waals surface area contributed by atoms with Gasteiger partial charge in [0.05, 0.1) is 24.8 Å². The number of carbonyl (C=O) groups is 1. The van der Waals surface area contributed by atoms with Crippen molar-refractivity contribution in [3.63, 3.8) is 0 Å². The van der Waals surface area contributed by atoms with Gasteiger partial charge in [0.25, 0.3) is 0 Å². The molecule has 2 saturated heterocycles. The zero-order valence-corrected chi connectivity index (χ0v) is 18.4. The molecule has 5 rings (SSSR count). The minimum atomic E-state index is -0.465. The van der Waals surface area contributed by atoms with Crippen LogP contribution < -0.4 is 0 Å². The molecule has 2 aliphatic carbocycles. The fourth-order valence-corrected chi connectivity index (χ4v) is 7.37. The first kappa shape index (κ1) is 19.4. The number of hydrogen-bond donors (Lipinski definition) is 0. The summed E-state index contributed by atoms with van der Waals surface area (Å²) in [5.74, 6) is 1.68. The minimum absolute atomic E-state index is 0.0216. The second-order valence-corrected chi connectivity index (χ2v) is 10.8. The number of epoxide rings is 1. The van der Waals surface area contributed by atoms with Crippen LogP contribution in [0.25, 0.3) is 0 Å². The van der Waals surface area contributed by atoms with E-state index in [1.54, 1.807) is 11.8 Å². The van der Waals surface area contributed by atoms with Crippen LogP contribution in [0.3, 0.4) is 0 Å². The maximum absolute atomic E-state index is 12.1. The summed E-state index contributed by atoms with van der Waals surface area (Å²) in [7, 11) is 0. The Balaban J connectivity index is 1.56. The second-order valence-electron chi connectivity index (χ2n) is 9.95. The number of fused-ring (bicyclic) bond motifs is 2. The molecular weight excluding hydrogens is 376 g/mol. The lowest BCUT2D eigenvalue weighted by molar-refractivity contribution is -0.262. The third-order valence-electron chi connectivity index (χ3n) is 8.58. The van der Waals surface area contributed by atoms with E-state index in [2.05, 4.69) is 34.0 Å². The van der Waals surface area contributed by atoms with E-state index in [-0.39, 0.29) is 35.1 Å². The molecule has 1 saturated carbocycles. The van der Waals surface area contributed by atoms with Crippen molar-refractivity contribution in [3.8, 4) is 0 Å². The average molecular weight is 409 g/mol. The summed E-state index contributed by atoms with van der Waals surface area (Å²) in [4.78, 5) is 12.1. The molecule has 0 aromatic rings. The van der Waals surface area contributed by atoms with E-state index in [0.29, 0.717) is 31.0 Å². The van der Waals surface area contributed by atoms with Gasteiger partial charge in [0.15, 0.2) is 0 Å². The lowest BCUT2D eigenvalue weighted by atomic mass is 9.49. The molecule has 3 fully saturated rings. The van der Waals surface area contributed by atoms with Gasteiger partial charge in [0.1, 0.15) is 17.8 Å². The molecule has 28 heavy (non-hydrogen) atoms. The Bertz CT molecular complexity index is 734. The fraction of sp³-hybridized carbons (Fsp3) is 0.864. The first-order valence-electron chi connectivity index (χ1n) is 10.6. The van der Waals surface area contributed by atoms with Crippen molar-refractivity contribution in [2.24, 2.45) is 23.2 Å². The SMILES string of the molecule is CSCOC1C(C(C)C)CC2OC23C2(C)CCC4=C(COC4=O)C2COC13C. The predicted octanol–water partition coefficient (Wildman–Crippen LogP) is 3.56. The molecule has 0 aromatic carbocycles. The Hall–Kier alpha value is -0.560. The molecule has 0 aromatic heterocycles. The van der Waals surface area contributed by atoms with Gasteiger partial charge in [-0.15, -0.1) is 11.8 Å². The van der Waals surface area contributed by atoms with E-state index >= 15 is 0 Å². The van der Waals surface area contributed by atoms with E-state index in [9.17, 15) is 4.79 Å². The van der Waals surface area contributed by atoms with Crippen LogP contribution in [0.5, 0.6) is 0 Å². The lowest BCUT2D eigenvalue weighted by Gasteiger charge is -2.61. The van der Waals surface area contributed by atoms with Gasteiger partial charge in [0, 0.05) is 16.9 Å². The summed E-state index contributed by atoms with van der Waals surface area (Å²) < 4.78 is 25.2. The topological polar surface area (TPSA) is 57.3 Å². The highest BCUT2D eigenvalue weighted by Gasteiger charge is 2.84. The molecule has 0 N–H and O–H groups in total. The summed E-state index contributed by atoms with van der Waals surface area (Å²) in [6, 6.07) is 0. The smallest absolute Gasteiger partial charge is 0.334 e. The summed E-state index contributed by atoms with van der Waals surface area (Å²) in [5, 5.41) is 0. The van der Waals surface area contributed by atoms with Crippen molar-refractivity contribution in [2.45, 2.75) is 70.4 Å².